The number of nitrogens with one attached hydrogen (secondary N) is 1. The monoisotopic (exact) mass is 272 g/mol. The molecule has 82 valence electrons. The van der Waals surface area contributed by atoms with Gasteiger partial charge in [0.05, 0.1) is 14.2 Å². The van der Waals surface area contributed by atoms with Gasteiger partial charge in [0.15, 0.2) is 5.82 Å². The Morgan fingerprint density at radius 2 is 2.12 bits per heavy atom. The second-order valence-electron chi connectivity index (χ2n) is 2.89. The van der Waals surface area contributed by atoms with Crippen LogP contribution >= 0.6 is 34.5 Å². The van der Waals surface area contributed by atoms with Gasteiger partial charge in [-0.05, 0) is 24.3 Å². The van der Waals surface area contributed by atoms with Crippen LogP contribution in [0.2, 0.25) is 9.36 Å². The number of halogens is 2. The summed E-state index contributed by atoms with van der Waals surface area (Å²) in [5.41, 5.74) is 0. The Morgan fingerprint density at radius 3 is 2.75 bits per heavy atom. The minimum absolute atomic E-state index is 0.266. The summed E-state index contributed by atoms with van der Waals surface area (Å²) in [4.78, 5) is 16.2. The number of rotatable bonds is 2. The van der Waals surface area contributed by atoms with Crippen molar-refractivity contribution in [2.45, 2.75) is 0 Å². The molecule has 0 spiro atoms. The molecule has 0 aliphatic carbocycles. The highest BCUT2D eigenvalue weighted by atomic mass is 35.5. The Labute approximate surface area is 106 Å². The van der Waals surface area contributed by atoms with Crippen molar-refractivity contribution < 1.29 is 4.79 Å². The Morgan fingerprint density at radius 1 is 1.31 bits per heavy atom. The Kier molecular flexibility index (Phi) is 3.43. The number of pyridine rings is 1. The summed E-state index contributed by atoms with van der Waals surface area (Å²) in [7, 11) is 0. The summed E-state index contributed by atoms with van der Waals surface area (Å²) in [6, 6.07) is 6.67. The molecule has 3 nitrogen and oxygen atoms in total. The molecule has 2 aromatic heterocycles. The van der Waals surface area contributed by atoms with Crippen molar-refractivity contribution in [1.82, 2.24) is 4.98 Å². The van der Waals surface area contributed by atoms with Gasteiger partial charge in [-0.1, -0.05) is 23.2 Å². The molecule has 0 atom stereocenters. The first kappa shape index (κ1) is 11.4. The maximum atomic E-state index is 11.7. The molecular weight excluding hydrogens is 267 g/mol. The smallest absolute Gasteiger partial charge is 0.266 e. The van der Waals surface area contributed by atoms with Gasteiger partial charge in [0.25, 0.3) is 5.91 Å². The van der Waals surface area contributed by atoms with Crippen LogP contribution in [0.25, 0.3) is 0 Å². The quantitative estimate of drug-likeness (QED) is 0.906. The number of carbonyl (C=O) groups excluding carboxylic acids is 1. The molecule has 0 aliphatic heterocycles. The molecule has 0 saturated heterocycles. The number of hydrogen-bond acceptors (Lipinski definition) is 3. The molecule has 0 aromatic carbocycles. The average Bonchev–Trinajstić information content (AvgIpc) is 2.68. The summed E-state index contributed by atoms with van der Waals surface area (Å²) in [6.45, 7) is 0. The van der Waals surface area contributed by atoms with E-state index in [4.69, 9.17) is 23.2 Å². The molecule has 0 radical (unpaired) electrons. The van der Waals surface area contributed by atoms with Crippen molar-refractivity contribution >= 4 is 46.3 Å². The number of aromatic nitrogens is 1. The summed E-state index contributed by atoms with van der Waals surface area (Å²) in [6.07, 6.45) is 1.56. The normalized spacial score (nSPS) is 10.1. The summed E-state index contributed by atoms with van der Waals surface area (Å²) >= 11 is 12.8. The molecule has 1 N–H and O–H groups in total. The molecule has 0 aliphatic rings. The van der Waals surface area contributed by atoms with E-state index in [2.05, 4.69) is 10.3 Å². The third-order valence-corrected chi connectivity index (χ3v) is 3.32. The van der Waals surface area contributed by atoms with E-state index in [0.717, 1.165) is 0 Å². The fraction of sp³-hybridized carbons (Fsp3) is 0. The average molecular weight is 273 g/mol. The second kappa shape index (κ2) is 4.82. The largest absolute Gasteiger partial charge is 0.305 e. The van der Waals surface area contributed by atoms with Crippen molar-refractivity contribution in [2.24, 2.45) is 0 Å². The predicted molar refractivity (Wildman–Crippen MR) is 66.5 cm³/mol. The third-order valence-electron chi connectivity index (χ3n) is 1.79. The van der Waals surface area contributed by atoms with E-state index in [-0.39, 0.29) is 5.91 Å². The summed E-state index contributed by atoms with van der Waals surface area (Å²) < 4.78 is 0.567. The maximum Gasteiger partial charge on any atom is 0.266 e. The Hall–Kier alpha value is -1.10. The van der Waals surface area contributed by atoms with Gasteiger partial charge in [-0.25, -0.2) is 4.98 Å². The van der Waals surface area contributed by atoms with Gasteiger partial charge in [-0.2, -0.15) is 0 Å². The molecule has 2 rings (SSSR count). The highest BCUT2D eigenvalue weighted by Gasteiger charge is 2.10. The van der Waals surface area contributed by atoms with Crippen LogP contribution in [0.3, 0.4) is 0 Å². The van der Waals surface area contributed by atoms with Crippen LogP contribution in [0.4, 0.5) is 5.82 Å². The first-order valence-electron chi connectivity index (χ1n) is 4.34. The molecule has 1 amide bonds. The Balaban J connectivity index is 2.17. The highest BCUT2D eigenvalue weighted by Crippen LogP contribution is 2.23. The summed E-state index contributed by atoms with van der Waals surface area (Å²) in [5.74, 6) is 0.0798. The Bertz CT molecular complexity index is 527. The lowest BCUT2D eigenvalue weighted by atomic mass is 10.4. The maximum absolute atomic E-state index is 11.7. The first-order valence-corrected chi connectivity index (χ1v) is 5.91. The van der Waals surface area contributed by atoms with Gasteiger partial charge in [0.2, 0.25) is 0 Å². The first-order chi connectivity index (χ1) is 7.66. The molecule has 0 unspecified atom stereocenters. The predicted octanol–water partition coefficient (Wildman–Crippen LogP) is 3.70. The van der Waals surface area contributed by atoms with Gasteiger partial charge in [0.1, 0.15) is 0 Å². The van der Waals surface area contributed by atoms with E-state index in [1.54, 1.807) is 30.5 Å². The third kappa shape index (κ3) is 2.52. The molecule has 16 heavy (non-hydrogen) atoms. The van der Waals surface area contributed by atoms with E-state index in [1.807, 2.05) is 0 Å². The van der Waals surface area contributed by atoms with Gasteiger partial charge in [-0.15, -0.1) is 11.3 Å². The number of amides is 1. The lowest BCUT2D eigenvalue weighted by Gasteiger charge is -2.03. The molecule has 2 heterocycles. The molecule has 0 bridgehead atoms. The zero-order chi connectivity index (χ0) is 11.5. The second-order valence-corrected chi connectivity index (χ2v) is 5.01. The van der Waals surface area contributed by atoms with E-state index in [9.17, 15) is 4.79 Å². The number of hydrogen-bond donors (Lipinski definition) is 1. The van der Waals surface area contributed by atoms with Crippen LogP contribution in [0.5, 0.6) is 0 Å². The van der Waals surface area contributed by atoms with E-state index >= 15 is 0 Å². The van der Waals surface area contributed by atoms with E-state index in [1.165, 1.54) is 11.3 Å². The molecular formula is C10H6Cl2N2OS. The standard InChI is InChI=1S/C10H6Cl2N2OS/c11-6-2-1-5-13-9(6)14-10(15)7-3-4-8(12)16-7/h1-5H,(H,13,14,15). The van der Waals surface area contributed by atoms with Crippen molar-refractivity contribution in [1.29, 1.82) is 0 Å². The summed E-state index contributed by atoms with van der Waals surface area (Å²) in [5, 5.41) is 3.01. The van der Waals surface area contributed by atoms with E-state index < -0.39 is 0 Å². The van der Waals surface area contributed by atoms with Crippen LogP contribution in [0.15, 0.2) is 30.5 Å². The van der Waals surface area contributed by atoms with Crippen LogP contribution in [0, 0.1) is 0 Å². The van der Waals surface area contributed by atoms with Gasteiger partial charge in [0, 0.05) is 6.20 Å². The molecule has 0 fully saturated rings. The SMILES string of the molecule is O=C(Nc1ncccc1Cl)c1ccc(Cl)s1. The molecule has 6 heteroatoms. The lowest BCUT2D eigenvalue weighted by Crippen LogP contribution is -2.11. The fourth-order valence-corrected chi connectivity index (χ4v) is 2.19. The van der Waals surface area contributed by atoms with Crippen LogP contribution < -0.4 is 5.32 Å². The van der Waals surface area contributed by atoms with Gasteiger partial charge < -0.3 is 5.32 Å². The van der Waals surface area contributed by atoms with E-state index in [0.29, 0.717) is 20.1 Å². The van der Waals surface area contributed by atoms with Crippen LogP contribution in [-0.4, -0.2) is 10.9 Å². The van der Waals surface area contributed by atoms with Gasteiger partial charge >= 0.3 is 0 Å². The van der Waals surface area contributed by atoms with Crippen molar-refractivity contribution in [3.8, 4) is 0 Å². The van der Waals surface area contributed by atoms with Gasteiger partial charge in [-0.3, -0.25) is 4.79 Å². The molecule has 2 aromatic rings. The zero-order valence-corrected chi connectivity index (χ0v) is 10.2. The number of carbonyl (C=O) groups is 1. The number of anilines is 1. The van der Waals surface area contributed by atoms with Crippen molar-refractivity contribution in [3.63, 3.8) is 0 Å². The lowest BCUT2D eigenvalue weighted by molar-refractivity contribution is 0.103. The number of nitrogens with zero attached hydrogens (tertiary/aromatic N) is 1. The molecule has 0 saturated carbocycles. The topological polar surface area (TPSA) is 42.0 Å². The van der Waals surface area contributed by atoms with Crippen molar-refractivity contribution in [3.05, 3.63) is 44.7 Å². The van der Waals surface area contributed by atoms with Crippen molar-refractivity contribution in [2.75, 3.05) is 5.32 Å². The minimum Gasteiger partial charge on any atom is -0.305 e. The van der Waals surface area contributed by atoms with Crippen LogP contribution in [0.1, 0.15) is 9.67 Å². The highest BCUT2D eigenvalue weighted by molar-refractivity contribution is 7.18. The number of thiophene rings is 1. The van der Waals surface area contributed by atoms with Crippen LogP contribution in [-0.2, 0) is 0 Å². The zero-order valence-electron chi connectivity index (χ0n) is 7.91. The fourth-order valence-electron chi connectivity index (χ4n) is 1.08. The minimum atomic E-state index is -0.266.